The van der Waals surface area contributed by atoms with E-state index >= 15 is 0 Å². The SMILES string of the molecule is CC(Cc1nc2ccccc2s1)NC(=O)c1ccc([N+](=O)[O-])o1. The Morgan fingerprint density at radius 2 is 2.17 bits per heavy atom. The van der Waals surface area contributed by atoms with E-state index in [9.17, 15) is 14.9 Å². The van der Waals surface area contributed by atoms with E-state index in [-0.39, 0.29) is 11.8 Å². The van der Waals surface area contributed by atoms with Gasteiger partial charge in [0.1, 0.15) is 4.92 Å². The molecule has 1 aromatic carbocycles. The molecule has 118 valence electrons. The van der Waals surface area contributed by atoms with E-state index in [1.165, 1.54) is 6.07 Å². The monoisotopic (exact) mass is 331 g/mol. The normalized spacial score (nSPS) is 12.2. The maximum atomic E-state index is 12.0. The predicted octanol–water partition coefficient (Wildman–Crippen LogP) is 3.16. The fourth-order valence-corrected chi connectivity index (χ4v) is 3.26. The summed E-state index contributed by atoms with van der Waals surface area (Å²) < 4.78 is 5.98. The van der Waals surface area contributed by atoms with Gasteiger partial charge in [-0.2, -0.15) is 0 Å². The maximum Gasteiger partial charge on any atom is 0.433 e. The second-order valence-electron chi connectivity index (χ2n) is 5.05. The highest BCUT2D eigenvalue weighted by atomic mass is 32.1. The number of carbonyl (C=O) groups excluding carboxylic acids is 1. The van der Waals surface area contributed by atoms with Crippen molar-refractivity contribution in [1.82, 2.24) is 10.3 Å². The fourth-order valence-electron chi connectivity index (χ4n) is 2.16. The second-order valence-corrected chi connectivity index (χ2v) is 6.16. The zero-order valence-corrected chi connectivity index (χ0v) is 13.0. The average Bonchev–Trinajstić information content (AvgIpc) is 3.13. The van der Waals surface area contributed by atoms with Crippen LogP contribution in [0.5, 0.6) is 0 Å². The Bertz CT molecular complexity index is 837. The van der Waals surface area contributed by atoms with Crippen molar-refractivity contribution in [3.05, 3.63) is 57.3 Å². The summed E-state index contributed by atoms with van der Waals surface area (Å²) in [6.45, 7) is 1.85. The number of para-hydroxylation sites is 1. The second kappa shape index (κ2) is 6.17. The molecular formula is C15H13N3O4S. The molecule has 8 heteroatoms. The first-order valence-corrected chi connectivity index (χ1v) is 7.74. The van der Waals surface area contributed by atoms with Crippen LogP contribution >= 0.6 is 11.3 Å². The molecule has 1 N–H and O–H groups in total. The van der Waals surface area contributed by atoms with Crippen LogP contribution in [0.1, 0.15) is 22.5 Å². The maximum absolute atomic E-state index is 12.0. The number of aromatic nitrogens is 1. The van der Waals surface area contributed by atoms with Crippen molar-refractivity contribution in [1.29, 1.82) is 0 Å². The summed E-state index contributed by atoms with van der Waals surface area (Å²) >= 11 is 1.58. The van der Waals surface area contributed by atoms with Crippen molar-refractivity contribution in [3.63, 3.8) is 0 Å². The molecule has 2 heterocycles. The van der Waals surface area contributed by atoms with Crippen LogP contribution in [0.2, 0.25) is 0 Å². The summed E-state index contributed by atoms with van der Waals surface area (Å²) in [7, 11) is 0. The van der Waals surface area contributed by atoms with Gasteiger partial charge in [0.15, 0.2) is 5.76 Å². The lowest BCUT2D eigenvalue weighted by atomic mass is 10.2. The number of hydrogen-bond donors (Lipinski definition) is 1. The van der Waals surface area contributed by atoms with E-state index in [0.717, 1.165) is 21.3 Å². The number of nitrogens with one attached hydrogen (secondary N) is 1. The Morgan fingerprint density at radius 1 is 1.39 bits per heavy atom. The number of amides is 1. The van der Waals surface area contributed by atoms with Gasteiger partial charge in [-0.15, -0.1) is 11.3 Å². The zero-order chi connectivity index (χ0) is 16.4. The first-order chi connectivity index (χ1) is 11.0. The average molecular weight is 331 g/mol. The molecule has 0 fully saturated rings. The minimum atomic E-state index is -0.679. The van der Waals surface area contributed by atoms with Crippen molar-refractivity contribution in [2.75, 3.05) is 0 Å². The minimum absolute atomic E-state index is 0.0761. The van der Waals surface area contributed by atoms with Gasteiger partial charge in [0.2, 0.25) is 0 Å². The molecular weight excluding hydrogens is 318 g/mol. The number of benzene rings is 1. The molecule has 7 nitrogen and oxygen atoms in total. The first kappa shape index (κ1) is 15.2. The number of fused-ring (bicyclic) bond motifs is 1. The van der Waals surface area contributed by atoms with Gasteiger partial charge in [-0.3, -0.25) is 14.9 Å². The summed E-state index contributed by atoms with van der Waals surface area (Å²) in [6.07, 6.45) is 0.577. The quantitative estimate of drug-likeness (QED) is 0.572. The van der Waals surface area contributed by atoms with Gasteiger partial charge in [-0.1, -0.05) is 12.1 Å². The van der Waals surface area contributed by atoms with Crippen molar-refractivity contribution < 1.29 is 14.1 Å². The fraction of sp³-hybridized carbons (Fsp3) is 0.200. The Balaban J connectivity index is 1.64. The van der Waals surface area contributed by atoms with Gasteiger partial charge in [0, 0.05) is 12.5 Å². The van der Waals surface area contributed by atoms with E-state index in [1.807, 2.05) is 31.2 Å². The molecule has 2 aromatic heterocycles. The minimum Gasteiger partial charge on any atom is -0.395 e. The molecule has 0 spiro atoms. The smallest absolute Gasteiger partial charge is 0.395 e. The molecule has 1 amide bonds. The van der Waals surface area contributed by atoms with E-state index in [1.54, 1.807) is 11.3 Å². The number of thiazole rings is 1. The highest BCUT2D eigenvalue weighted by Crippen LogP contribution is 2.22. The molecule has 0 aliphatic rings. The molecule has 23 heavy (non-hydrogen) atoms. The third kappa shape index (κ3) is 3.37. The molecule has 0 saturated heterocycles. The standard InChI is InChI=1S/C15H13N3O4S/c1-9(8-13-17-10-4-2-3-5-12(10)23-13)16-15(19)11-6-7-14(22-11)18(20)21/h2-7,9H,8H2,1H3,(H,16,19). The first-order valence-electron chi connectivity index (χ1n) is 6.92. The van der Waals surface area contributed by atoms with Crippen molar-refractivity contribution in [2.24, 2.45) is 0 Å². The van der Waals surface area contributed by atoms with Crippen molar-refractivity contribution >= 4 is 33.3 Å². The highest BCUT2D eigenvalue weighted by Gasteiger charge is 2.19. The lowest BCUT2D eigenvalue weighted by Gasteiger charge is -2.10. The van der Waals surface area contributed by atoms with E-state index in [0.29, 0.717) is 6.42 Å². The Morgan fingerprint density at radius 3 is 2.87 bits per heavy atom. The summed E-state index contributed by atoms with van der Waals surface area (Å²) in [5, 5.41) is 14.2. The van der Waals surface area contributed by atoms with Crippen LogP contribution in [0.3, 0.4) is 0 Å². The number of furan rings is 1. The molecule has 3 rings (SSSR count). The third-order valence-electron chi connectivity index (χ3n) is 3.19. The van der Waals surface area contributed by atoms with E-state index in [2.05, 4.69) is 10.3 Å². The van der Waals surface area contributed by atoms with Crippen LogP contribution < -0.4 is 5.32 Å². The summed E-state index contributed by atoms with van der Waals surface area (Å²) in [6, 6.07) is 10.1. The van der Waals surface area contributed by atoms with E-state index in [4.69, 9.17) is 4.42 Å². The number of nitrogens with zero attached hydrogens (tertiary/aromatic N) is 2. The molecule has 1 atom stereocenters. The van der Waals surface area contributed by atoms with E-state index < -0.39 is 16.7 Å². The lowest BCUT2D eigenvalue weighted by molar-refractivity contribution is -0.402. The van der Waals surface area contributed by atoms with Crippen LogP contribution in [0, 0.1) is 10.1 Å². The van der Waals surface area contributed by atoms with Gasteiger partial charge in [-0.25, -0.2) is 4.98 Å². The number of nitro groups is 1. The van der Waals surface area contributed by atoms with Crippen LogP contribution in [0.25, 0.3) is 10.2 Å². The van der Waals surface area contributed by atoms with Gasteiger partial charge < -0.3 is 9.73 Å². The predicted molar refractivity (Wildman–Crippen MR) is 85.6 cm³/mol. The van der Waals surface area contributed by atoms with Gasteiger partial charge in [0.05, 0.1) is 21.3 Å². The van der Waals surface area contributed by atoms with Gasteiger partial charge in [-0.05, 0) is 25.1 Å². The molecule has 0 saturated carbocycles. The summed E-state index contributed by atoms with van der Waals surface area (Å²) in [4.78, 5) is 26.4. The summed E-state index contributed by atoms with van der Waals surface area (Å²) in [5.74, 6) is -1.01. The summed E-state index contributed by atoms with van der Waals surface area (Å²) in [5.41, 5.74) is 0.938. The largest absolute Gasteiger partial charge is 0.433 e. The topological polar surface area (TPSA) is 98.3 Å². The third-order valence-corrected chi connectivity index (χ3v) is 4.25. The van der Waals surface area contributed by atoms with Crippen LogP contribution in [-0.4, -0.2) is 21.9 Å². The molecule has 0 radical (unpaired) electrons. The molecule has 1 unspecified atom stereocenters. The van der Waals surface area contributed by atoms with Crippen LogP contribution in [0.4, 0.5) is 5.88 Å². The number of hydrogen-bond acceptors (Lipinski definition) is 6. The Hall–Kier alpha value is -2.74. The van der Waals surface area contributed by atoms with Gasteiger partial charge in [0.25, 0.3) is 5.91 Å². The molecule has 0 aliphatic carbocycles. The number of rotatable bonds is 5. The van der Waals surface area contributed by atoms with Crippen molar-refractivity contribution in [2.45, 2.75) is 19.4 Å². The Kier molecular flexibility index (Phi) is 4.07. The zero-order valence-electron chi connectivity index (χ0n) is 12.2. The van der Waals surface area contributed by atoms with Crippen LogP contribution in [-0.2, 0) is 6.42 Å². The molecule has 3 aromatic rings. The van der Waals surface area contributed by atoms with Crippen LogP contribution in [0.15, 0.2) is 40.8 Å². The Labute approximate surface area is 135 Å². The highest BCUT2D eigenvalue weighted by molar-refractivity contribution is 7.18. The molecule has 0 aliphatic heterocycles. The lowest BCUT2D eigenvalue weighted by Crippen LogP contribution is -2.33. The molecule has 0 bridgehead atoms. The number of carbonyl (C=O) groups is 1. The van der Waals surface area contributed by atoms with Gasteiger partial charge >= 0.3 is 5.88 Å². The van der Waals surface area contributed by atoms with Crippen molar-refractivity contribution in [3.8, 4) is 0 Å².